The molecule has 112 valence electrons. The van der Waals surface area contributed by atoms with Crippen LogP contribution in [0.25, 0.3) is 22.2 Å². The summed E-state index contributed by atoms with van der Waals surface area (Å²) < 4.78 is 38.4. The van der Waals surface area contributed by atoms with Crippen molar-refractivity contribution < 1.29 is 13.2 Å². The fourth-order valence-electron chi connectivity index (χ4n) is 2.30. The molecule has 0 saturated heterocycles. The molecule has 2 aromatic carbocycles. The second-order valence-electron chi connectivity index (χ2n) is 4.92. The molecule has 0 atom stereocenters. The van der Waals surface area contributed by atoms with Gasteiger partial charge in [0.25, 0.3) is 0 Å². The molecule has 0 amide bonds. The number of halogens is 3. The number of nitrogen functional groups attached to an aromatic ring is 2. The Morgan fingerprint density at radius 3 is 2.32 bits per heavy atom. The van der Waals surface area contributed by atoms with E-state index in [9.17, 15) is 13.2 Å². The number of nitrogens with two attached hydrogens (primary N) is 2. The Bertz CT molecular complexity index is 857. The molecule has 0 radical (unpaired) electrons. The summed E-state index contributed by atoms with van der Waals surface area (Å²) in [6.07, 6.45) is -4.41. The highest BCUT2D eigenvalue weighted by Gasteiger charge is 2.30. The quantitative estimate of drug-likeness (QED) is 0.666. The second-order valence-corrected chi connectivity index (χ2v) is 4.92. The predicted molar refractivity (Wildman–Crippen MR) is 81.0 cm³/mol. The van der Waals surface area contributed by atoms with Crippen molar-refractivity contribution in [2.45, 2.75) is 6.18 Å². The Kier molecular flexibility index (Phi) is 3.16. The summed E-state index contributed by atoms with van der Waals surface area (Å²) in [6.45, 7) is 0. The van der Waals surface area contributed by atoms with Gasteiger partial charge in [-0.1, -0.05) is 24.3 Å². The highest BCUT2D eigenvalue weighted by Crippen LogP contribution is 2.33. The number of pyridine rings is 1. The zero-order valence-corrected chi connectivity index (χ0v) is 11.4. The van der Waals surface area contributed by atoms with Gasteiger partial charge < -0.3 is 11.5 Å². The molecule has 0 bridgehead atoms. The summed E-state index contributed by atoms with van der Waals surface area (Å²) in [6, 6.07) is 11.7. The maximum atomic E-state index is 12.8. The average molecular weight is 303 g/mol. The van der Waals surface area contributed by atoms with Crippen molar-refractivity contribution in [3.05, 3.63) is 54.1 Å². The van der Waals surface area contributed by atoms with E-state index in [0.29, 0.717) is 33.5 Å². The van der Waals surface area contributed by atoms with Gasteiger partial charge in [0.1, 0.15) is 0 Å². The summed E-state index contributed by atoms with van der Waals surface area (Å²) in [5, 5.41) is 0.677. The minimum Gasteiger partial charge on any atom is -0.398 e. The third-order valence-corrected chi connectivity index (χ3v) is 3.39. The van der Waals surface area contributed by atoms with Crippen LogP contribution in [-0.2, 0) is 6.18 Å². The van der Waals surface area contributed by atoms with Crippen LogP contribution in [0.3, 0.4) is 0 Å². The molecule has 0 aliphatic heterocycles. The lowest BCUT2D eigenvalue weighted by Gasteiger charge is -2.11. The summed E-state index contributed by atoms with van der Waals surface area (Å²) in [4.78, 5) is 4.36. The van der Waals surface area contributed by atoms with Crippen molar-refractivity contribution in [3.63, 3.8) is 0 Å². The van der Waals surface area contributed by atoms with E-state index < -0.39 is 11.7 Å². The second kappa shape index (κ2) is 4.91. The monoisotopic (exact) mass is 303 g/mol. The number of hydrogen-bond donors (Lipinski definition) is 2. The van der Waals surface area contributed by atoms with Crippen LogP contribution in [0.4, 0.5) is 24.5 Å². The Hall–Kier alpha value is -2.76. The summed E-state index contributed by atoms with van der Waals surface area (Å²) in [5.74, 6) is 0. The van der Waals surface area contributed by atoms with E-state index in [-0.39, 0.29) is 0 Å². The fourth-order valence-corrected chi connectivity index (χ4v) is 2.30. The van der Waals surface area contributed by atoms with Gasteiger partial charge in [0, 0.05) is 16.6 Å². The Morgan fingerprint density at radius 2 is 1.59 bits per heavy atom. The lowest BCUT2D eigenvalue weighted by molar-refractivity contribution is -0.137. The molecule has 0 aliphatic carbocycles. The molecule has 3 aromatic rings. The molecule has 3 nitrogen and oxygen atoms in total. The number of hydrogen-bond acceptors (Lipinski definition) is 3. The molecule has 0 saturated carbocycles. The number of rotatable bonds is 1. The number of anilines is 2. The molecule has 0 unspecified atom stereocenters. The molecular formula is C16H12F3N3. The SMILES string of the molecule is Nc1cc(-c2cccc(C(F)(F)F)c2)nc2c(N)cccc12. The van der Waals surface area contributed by atoms with Gasteiger partial charge in [-0.2, -0.15) is 13.2 Å². The van der Waals surface area contributed by atoms with E-state index in [1.54, 1.807) is 30.3 Å². The van der Waals surface area contributed by atoms with Gasteiger partial charge >= 0.3 is 6.18 Å². The van der Waals surface area contributed by atoms with E-state index in [1.165, 1.54) is 6.07 Å². The van der Waals surface area contributed by atoms with Crippen LogP contribution in [0, 0.1) is 0 Å². The predicted octanol–water partition coefficient (Wildman–Crippen LogP) is 4.09. The van der Waals surface area contributed by atoms with E-state index >= 15 is 0 Å². The van der Waals surface area contributed by atoms with Crippen LogP contribution in [0.2, 0.25) is 0 Å². The minimum atomic E-state index is -4.41. The van der Waals surface area contributed by atoms with Crippen LogP contribution in [0.15, 0.2) is 48.5 Å². The highest BCUT2D eigenvalue weighted by atomic mass is 19.4. The first-order chi connectivity index (χ1) is 10.4. The minimum absolute atomic E-state index is 0.340. The first kappa shape index (κ1) is 14.2. The molecule has 4 N–H and O–H groups in total. The van der Waals surface area contributed by atoms with E-state index in [4.69, 9.17) is 11.5 Å². The van der Waals surface area contributed by atoms with E-state index in [1.807, 2.05) is 0 Å². The molecule has 3 rings (SSSR count). The van der Waals surface area contributed by atoms with Crippen LogP contribution in [0.1, 0.15) is 5.56 Å². The molecule has 6 heteroatoms. The van der Waals surface area contributed by atoms with Crippen molar-refractivity contribution in [2.75, 3.05) is 11.5 Å². The van der Waals surface area contributed by atoms with Crippen molar-refractivity contribution in [2.24, 2.45) is 0 Å². The third-order valence-electron chi connectivity index (χ3n) is 3.39. The highest BCUT2D eigenvalue weighted by molar-refractivity contribution is 5.98. The van der Waals surface area contributed by atoms with Gasteiger partial charge in [-0.05, 0) is 24.3 Å². The van der Waals surface area contributed by atoms with Crippen LogP contribution in [0.5, 0.6) is 0 Å². The largest absolute Gasteiger partial charge is 0.416 e. The van der Waals surface area contributed by atoms with Crippen molar-refractivity contribution in [1.29, 1.82) is 0 Å². The number of aromatic nitrogens is 1. The van der Waals surface area contributed by atoms with Crippen LogP contribution in [-0.4, -0.2) is 4.98 Å². The van der Waals surface area contributed by atoms with Crippen molar-refractivity contribution in [3.8, 4) is 11.3 Å². The topological polar surface area (TPSA) is 64.9 Å². The summed E-state index contributed by atoms with van der Waals surface area (Å²) in [7, 11) is 0. The Morgan fingerprint density at radius 1 is 0.864 bits per heavy atom. The maximum Gasteiger partial charge on any atom is 0.416 e. The maximum absolute atomic E-state index is 12.8. The first-order valence-electron chi connectivity index (χ1n) is 6.48. The molecule has 1 heterocycles. The summed E-state index contributed by atoms with van der Waals surface area (Å²) >= 11 is 0. The Labute approximate surface area is 124 Å². The van der Waals surface area contributed by atoms with Gasteiger partial charge in [-0.25, -0.2) is 4.98 Å². The van der Waals surface area contributed by atoms with Gasteiger partial charge in [-0.3, -0.25) is 0 Å². The zero-order chi connectivity index (χ0) is 15.9. The lowest BCUT2D eigenvalue weighted by atomic mass is 10.0. The molecule has 0 aliphatic rings. The number of fused-ring (bicyclic) bond motifs is 1. The average Bonchev–Trinajstić information content (AvgIpc) is 2.47. The standard InChI is InChI=1S/C16H12F3N3/c17-16(18,19)10-4-1-3-9(7-10)14-8-13(21)11-5-2-6-12(20)15(11)22-14/h1-8H,20H2,(H2,21,22). The van der Waals surface area contributed by atoms with Crippen LogP contribution >= 0.6 is 0 Å². The zero-order valence-electron chi connectivity index (χ0n) is 11.4. The molecule has 0 spiro atoms. The van der Waals surface area contributed by atoms with Gasteiger partial charge in [0.2, 0.25) is 0 Å². The normalized spacial score (nSPS) is 11.8. The van der Waals surface area contributed by atoms with Crippen molar-refractivity contribution >= 4 is 22.3 Å². The van der Waals surface area contributed by atoms with Crippen molar-refractivity contribution in [1.82, 2.24) is 4.98 Å². The number of benzene rings is 2. The summed E-state index contributed by atoms with van der Waals surface area (Å²) in [5.41, 5.74) is 13.1. The fraction of sp³-hybridized carbons (Fsp3) is 0.0625. The number of nitrogens with zero attached hydrogens (tertiary/aromatic N) is 1. The Balaban J connectivity index is 2.21. The molecular weight excluding hydrogens is 291 g/mol. The smallest absolute Gasteiger partial charge is 0.398 e. The van der Waals surface area contributed by atoms with Crippen LogP contribution < -0.4 is 11.5 Å². The molecule has 0 fully saturated rings. The lowest BCUT2D eigenvalue weighted by Crippen LogP contribution is -2.04. The number of alkyl halides is 3. The van der Waals surface area contributed by atoms with Gasteiger partial charge in [-0.15, -0.1) is 0 Å². The van der Waals surface area contributed by atoms with E-state index in [0.717, 1.165) is 12.1 Å². The number of para-hydroxylation sites is 1. The van der Waals surface area contributed by atoms with Gasteiger partial charge in [0.05, 0.1) is 22.5 Å². The molecule has 22 heavy (non-hydrogen) atoms. The third kappa shape index (κ3) is 2.43. The van der Waals surface area contributed by atoms with E-state index in [2.05, 4.69) is 4.98 Å². The first-order valence-corrected chi connectivity index (χ1v) is 6.48. The van der Waals surface area contributed by atoms with Gasteiger partial charge in [0.15, 0.2) is 0 Å². The molecule has 1 aromatic heterocycles.